The molecular weight excluding hydrogens is 344 g/mol. The van der Waals surface area contributed by atoms with Crippen LogP contribution < -0.4 is 15.4 Å². The highest BCUT2D eigenvalue weighted by Crippen LogP contribution is 2.29. The summed E-state index contributed by atoms with van der Waals surface area (Å²) in [6.07, 6.45) is 5.75. The number of nitrogens with zero attached hydrogens (tertiary/aromatic N) is 4. The first kappa shape index (κ1) is 17.7. The highest BCUT2D eigenvalue weighted by molar-refractivity contribution is 6.13. The van der Waals surface area contributed by atoms with Crippen LogP contribution in [0.25, 0.3) is 0 Å². The van der Waals surface area contributed by atoms with E-state index in [0.717, 1.165) is 31.7 Å². The zero-order valence-corrected chi connectivity index (χ0v) is 15.6. The van der Waals surface area contributed by atoms with E-state index < -0.39 is 0 Å². The maximum Gasteiger partial charge on any atom is 0.214 e. The second-order valence-corrected chi connectivity index (χ2v) is 7.28. The summed E-state index contributed by atoms with van der Waals surface area (Å²) in [5.41, 5.74) is 7.77. The molecule has 2 fully saturated rings. The molecule has 4 rings (SSSR count). The number of nitrogens with two attached hydrogens (primary N) is 1. The van der Waals surface area contributed by atoms with Crippen LogP contribution in [0, 0.1) is 5.41 Å². The van der Waals surface area contributed by atoms with Crippen LogP contribution in [0.5, 0.6) is 5.88 Å². The number of pyridine rings is 1. The molecule has 8 nitrogen and oxygen atoms in total. The first-order valence-electron chi connectivity index (χ1n) is 9.23. The van der Waals surface area contributed by atoms with E-state index in [0.29, 0.717) is 22.8 Å². The molecule has 2 aromatic rings. The molecule has 0 aromatic carbocycles. The van der Waals surface area contributed by atoms with Gasteiger partial charge in [0, 0.05) is 30.8 Å². The zero-order valence-electron chi connectivity index (χ0n) is 15.6. The van der Waals surface area contributed by atoms with Gasteiger partial charge in [-0.05, 0) is 26.7 Å². The molecule has 3 N–H and O–H groups in total. The molecule has 0 radical (unpaired) electrons. The topological polar surface area (TPSA) is 110 Å². The second-order valence-electron chi connectivity index (χ2n) is 7.28. The van der Waals surface area contributed by atoms with Gasteiger partial charge in [-0.15, -0.1) is 0 Å². The van der Waals surface area contributed by atoms with Crippen LogP contribution in [0.4, 0.5) is 11.5 Å². The van der Waals surface area contributed by atoms with E-state index in [-0.39, 0.29) is 24.0 Å². The molecule has 2 atom stereocenters. The largest absolute Gasteiger partial charge is 0.475 e. The van der Waals surface area contributed by atoms with Gasteiger partial charge in [-0.25, -0.2) is 15.0 Å². The number of hydrogen-bond acceptors (Lipinski definition) is 8. The number of ether oxygens (including phenoxy) is 2. The average Bonchev–Trinajstić information content (AvgIpc) is 3.00. The van der Waals surface area contributed by atoms with Crippen LogP contribution in [0.15, 0.2) is 24.7 Å². The van der Waals surface area contributed by atoms with Crippen LogP contribution in [-0.2, 0) is 4.74 Å². The third kappa shape index (κ3) is 3.71. The van der Waals surface area contributed by atoms with Gasteiger partial charge in [0.05, 0.1) is 41.6 Å². The van der Waals surface area contributed by atoms with Crippen molar-refractivity contribution in [3.8, 4) is 5.88 Å². The summed E-state index contributed by atoms with van der Waals surface area (Å²) in [7, 11) is 0. The fraction of sp³-hybridized carbons (Fsp3) is 0.474. The van der Waals surface area contributed by atoms with Crippen molar-refractivity contribution in [1.29, 1.82) is 5.41 Å². The van der Waals surface area contributed by atoms with Crippen molar-refractivity contribution < 1.29 is 9.47 Å². The number of morpholine rings is 1. The molecule has 2 unspecified atom stereocenters. The Balaban J connectivity index is 1.59. The van der Waals surface area contributed by atoms with Crippen LogP contribution >= 0.6 is 0 Å². The van der Waals surface area contributed by atoms with Gasteiger partial charge in [0.15, 0.2) is 0 Å². The summed E-state index contributed by atoms with van der Waals surface area (Å²) in [6.45, 7) is 5.50. The fourth-order valence-electron chi connectivity index (χ4n) is 3.57. The van der Waals surface area contributed by atoms with E-state index in [9.17, 15) is 0 Å². The number of nitrogen functional groups attached to an aromatic ring is 1. The van der Waals surface area contributed by atoms with Crippen molar-refractivity contribution >= 4 is 17.2 Å². The smallest absolute Gasteiger partial charge is 0.214 e. The molecule has 0 saturated carbocycles. The van der Waals surface area contributed by atoms with Gasteiger partial charge in [-0.3, -0.25) is 5.41 Å². The van der Waals surface area contributed by atoms with Crippen molar-refractivity contribution in [2.75, 3.05) is 23.7 Å². The van der Waals surface area contributed by atoms with Gasteiger partial charge >= 0.3 is 0 Å². The summed E-state index contributed by atoms with van der Waals surface area (Å²) in [5.74, 6) is 1.26. The normalized spacial score (nSPS) is 21.5. The van der Waals surface area contributed by atoms with Crippen molar-refractivity contribution in [2.24, 2.45) is 0 Å². The van der Waals surface area contributed by atoms with Crippen LogP contribution in [-0.4, -0.2) is 52.1 Å². The van der Waals surface area contributed by atoms with Crippen molar-refractivity contribution in [1.82, 2.24) is 15.0 Å². The van der Waals surface area contributed by atoms with Crippen molar-refractivity contribution in [3.63, 3.8) is 0 Å². The summed E-state index contributed by atoms with van der Waals surface area (Å²) in [5, 5.41) is 8.60. The second kappa shape index (κ2) is 7.11. The Morgan fingerprint density at radius 3 is 2.67 bits per heavy atom. The predicted molar refractivity (Wildman–Crippen MR) is 102 cm³/mol. The number of anilines is 2. The Morgan fingerprint density at radius 1 is 1.22 bits per heavy atom. The molecule has 142 valence electrons. The average molecular weight is 368 g/mol. The molecular formula is C19H24N6O2. The zero-order chi connectivity index (χ0) is 19.0. The minimum Gasteiger partial charge on any atom is -0.475 e. The molecule has 2 aliphatic heterocycles. The number of hydrogen-bond donors (Lipinski definition) is 2. The van der Waals surface area contributed by atoms with Gasteiger partial charge in [-0.2, -0.15) is 0 Å². The van der Waals surface area contributed by atoms with Crippen molar-refractivity contribution in [3.05, 3.63) is 35.9 Å². The van der Waals surface area contributed by atoms with Crippen LogP contribution in [0.1, 0.15) is 37.9 Å². The number of fused-ring (bicyclic) bond motifs is 2. The maximum absolute atomic E-state index is 8.60. The molecule has 2 aromatic heterocycles. The van der Waals surface area contributed by atoms with E-state index >= 15 is 0 Å². The number of aromatic nitrogens is 3. The third-order valence-electron chi connectivity index (χ3n) is 4.81. The first-order valence-corrected chi connectivity index (χ1v) is 9.23. The lowest BCUT2D eigenvalue weighted by Gasteiger charge is -2.33. The lowest BCUT2D eigenvalue weighted by atomic mass is 10.1. The van der Waals surface area contributed by atoms with Crippen LogP contribution in [0.3, 0.4) is 0 Å². The van der Waals surface area contributed by atoms with Crippen molar-refractivity contribution in [2.45, 2.75) is 45.0 Å². The van der Waals surface area contributed by atoms with E-state index in [4.69, 9.17) is 20.6 Å². The predicted octanol–water partition coefficient (Wildman–Crippen LogP) is 2.02. The maximum atomic E-state index is 8.60. The van der Waals surface area contributed by atoms with Crippen LogP contribution in [0.2, 0.25) is 0 Å². The minimum absolute atomic E-state index is 0.00880. The fourth-order valence-corrected chi connectivity index (χ4v) is 3.57. The molecule has 0 amide bonds. The summed E-state index contributed by atoms with van der Waals surface area (Å²) < 4.78 is 11.5. The Morgan fingerprint density at radius 2 is 1.96 bits per heavy atom. The quantitative estimate of drug-likeness (QED) is 0.777. The number of rotatable bonds is 5. The van der Waals surface area contributed by atoms with E-state index in [1.807, 2.05) is 19.9 Å². The lowest BCUT2D eigenvalue weighted by molar-refractivity contribution is 0.0302. The molecule has 4 heterocycles. The van der Waals surface area contributed by atoms with Gasteiger partial charge < -0.3 is 20.1 Å². The number of nitrogens with one attached hydrogen (secondary N) is 1. The summed E-state index contributed by atoms with van der Waals surface area (Å²) in [6, 6.07) is 3.53. The SMILES string of the molecule is CC(C)Oc1cc(C(=N)c2cc(N3CC4CCC(C3)O4)ncn2)c(N)cn1. The molecule has 2 saturated heterocycles. The highest BCUT2D eigenvalue weighted by Gasteiger charge is 2.34. The molecule has 8 heteroatoms. The van der Waals surface area contributed by atoms with Gasteiger partial charge in [0.2, 0.25) is 5.88 Å². The molecule has 0 spiro atoms. The van der Waals surface area contributed by atoms with Gasteiger partial charge in [0.25, 0.3) is 0 Å². The highest BCUT2D eigenvalue weighted by atomic mass is 16.5. The first-order chi connectivity index (χ1) is 13.0. The Bertz CT molecular complexity index is 844. The van der Waals surface area contributed by atoms with E-state index in [1.165, 1.54) is 12.5 Å². The standard InChI is InChI=1S/C19H24N6O2/c1-11(2)26-18-5-14(15(20)7-22-18)19(21)16-6-17(24-10-23-16)25-8-12-3-4-13(9-25)27-12/h5-7,10-13,21H,3-4,8-9,20H2,1-2H3. The van der Waals surface area contributed by atoms with E-state index in [2.05, 4.69) is 19.9 Å². The molecule has 2 bridgehead atoms. The molecule has 2 aliphatic rings. The Labute approximate surface area is 158 Å². The summed E-state index contributed by atoms with van der Waals surface area (Å²) >= 11 is 0. The van der Waals surface area contributed by atoms with Gasteiger partial charge in [0.1, 0.15) is 12.1 Å². The Kier molecular flexibility index (Phi) is 4.65. The monoisotopic (exact) mass is 368 g/mol. The van der Waals surface area contributed by atoms with E-state index in [1.54, 1.807) is 6.07 Å². The lowest BCUT2D eigenvalue weighted by Crippen LogP contribution is -2.43. The minimum atomic E-state index is -0.00880. The van der Waals surface area contributed by atoms with Gasteiger partial charge in [-0.1, -0.05) is 0 Å². The summed E-state index contributed by atoms with van der Waals surface area (Å²) in [4.78, 5) is 15.1. The molecule has 27 heavy (non-hydrogen) atoms. The Hall–Kier alpha value is -2.74. The molecule has 0 aliphatic carbocycles. The third-order valence-corrected chi connectivity index (χ3v) is 4.81.